The number of nitrogens with one attached hydrogen (secondary N) is 2. The lowest BCUT2D eigenvalue weighted by Gasteiger charge is -2.04. The van der Waals surface area contributed by atoms with Crippen molar-refractivity contribution in [3.8, 4) is 11.3 Å². The van der Waals surface area contributed by atoms with E-state index in [2.05, 4.69) is 15.3 Å². The average Bonchev–Trinajstić information content (AvgIpc) is 3.08. The normalized spacial score (nSPS) is 10.7. The summed E-state index contributed by atoms with van der Waals surface area (Å²) >= 11 is 1.27. The Balaban J connectivity index is 1.52. The molecule has 30 heavy (non-hydrogen) atoms. The number of H-pyrrole nitrogens is 1. The zero-order valence-corrected chi connectivity index (χ0v) is 16.9. The molecule has 7 heteroatoms. The van der Waals surface area contributed by atoms with Crippen LogP contribution in [0.4, 0.5) is 9.52 Å². The van der Waals surface area contributed by atoms with Gasteiger partial charge in [0, 0.05) is 17.0 Å². The zero-order chi connectivity index (χ0) is 21.1. The Kier molecular flexibility index (Phi) is 5.54. The number of hydrogen-bond acceptors (Lipinski definition) is 4. The lowest BCUT2D eigenvalue weighted by molar-refractivity contribution is 0.102. The standard InChI is InChI=1S/C23H18FN3O2S/c1-14-20(13-16-9-5-6-10-18(16)24)30-23(25-14)27-22(29)17-11-12-19(26-21(17)28)15-7-3-2-4-8-15/h2-12H,13H2,1H3,(H,26,28)(H,25,27,29). The molecule has 0 atom stereocenters. The molecule has 2 N–H and O–H groups in total. The van der Waals surface area contributed by atoms with Crippen LogP contribution in [0.15, 0.2) is 71.5 Å². The molecule has 0 aliphatic heterocycles. The van der Waals surface area contributed by atoms with Gasteiger partial charge >= 0.3 is 0 Å². The Morgan fingerprint density at radius 1 is 1.07 bits per heavy atom. The number of halogens is 1. The number of aromatic nitrogens is 2. The van der Waals surface area contributed by atoms with Crippen molar-refractivity contribution in [2.75, 3.05) is 5.32 Å². The van der Waals surface area contributed by atoms with Crippen molar-refractivity contribution in [1.29, 1.82) is 0 Å². The molecule has 1 amide bonds. The van der Waals surface area contributed by atoms with Gasteiger partial charge in [-0.2, -0.15) is 0 Å². The van der Waals surface area contributed by atoms with Crippen LogP contribution in [0.2, 0.25) is 0 Å². The Labute approximate surface area is 176 Å². The fourth-order valence-electron chi connectivity index (χ4n) is 3.06. The first kappa shape index (κ1) is 19.7. The number of carbonyl (C=O) groups excluding carboxylic acids is 1. The minimum absolute atomic E-state index is 0.00168. The maximum atomic E-state index is 13.9. The molecule has 0 saturated heterocycles. The zero-order valence-electron chi connectivity index (χ0n) is 16.1. The predicted octanol–water partition coefficient (Wildman–Crippen LogP) is 4.79. The van der Waals surface area contributed by atoms with Crippen molar-refractivity contribution < 1.29 is 9.18 Å². The molecule has 4 aromatic rings. The lowest BCUT2D eigenvalue weighted by atomic mass is 10.1. The molecule has 4 rings (SSSR count). The summed E-state index contributed by atoms with van der Waals surface area (Å²) in [6.45, 7) is 1.81. The van der Waals surface area contributed by atoms with Crippen molar-refractivity contribution in [3.63, 3.8) is 0 Å². The number of carbonyl (C=O) groups is 1. The number of hydrogen-bond donors (Lipinski definition) is 2. The molecule has 2 aromatic heterocycles. The van der Waals surface area contributed by atoms with E-state index in [0.717, 1.165) is 10.4 Å². The number of rotatable bonds is 5. The number of anilines is 1. The summed E-state index contributed by atoms with van der Waals surface area (Å²) in [5.41, 5.74) is 2.29. The van der Waals surface area contributed by atoms with E-state index in [1.807, 2.05) is 37.3 Å². The molecule has 2 aromatic carbocycles. The third-order valence-electron chi connectivity index (χ3n) is 4.66. The molecule has 5 nitrogen and oxygen atoms in total. The summed E-state index contributed by atoms with van der Waals surface area (Å²) in [4.78, 5) is 33.0. The minimum atomic E-state index is -0.540. The highest BCUT2D eigenvalue weighted by atomic mass is 32.1. The lowest BCUT2D eigenvalue weighted by Crippen LogP contribution is -2.23. The Hall–Kier alpha value is -3.58. The van der Waals surface area contributed by atoms with Crippen LogP contribution in [0, 0.1) is 12.7 Å². The number of thiazole rings is 1. The SMILES string of the molecule is Cc1nc(NC(=O)c2ccc(-c3ccccc3)[nH]c2=O)sc1Cc1ccccc1F. The van der Waals surface area contributed by atoms with Gasteiger partial charge in [-0.15, -0.1) is 11.3 Å². The van der Waals surface area contributed by atoms with Gasteiger partial charge in [0.2, 0.25) is 0 Å². The highest BCUT2D eigenvalue weighted by Crippen LogP contribution is 2.26. The van der Waals surface area contributed by atoms with E-state index < -0.39 is 11.5 Å². The van der Waals surface area contributed by atoms with Crippen LogP contribution >= 0.6 is 11.3 Å². The first-order valence-electron chi connectivity index (χ1n) is 9.31. The van der Waals surface area contributed by atoms with Gasteiger partial charge in [-0.25, -0.2) is 9.37 Å². The summed E-state index contributed by atoms with van der Waals surface area (Å²) in [6, 6.07) is 19.1. The second-order valence-electron chi connectivity index (χ2n) is 6.73. The first-order valence-corrected chi connectivity index (χ1v) is 10.1. The largest absolute Gasteiger partial charge is 0.321 e. The second-order valence-corrected chi connectivity index (χ2v) is 7.81. The molecule has 0 spiro atoms. The van der Waals surface area contributed by atoms with E-state index in [1.165, 1.54) is 23.5 Å². The van der Waals surface area contributed by atoms with E-state index >= 15 is 0 Å². The molecular weight excluding hydrogens is 401 g/mol. The minimum Gasteiger partial charge on any atom is -0.321 e. The summed E-state index contributed by atoms with van der Waals surface area (Å²) in [5.74, 6) is -0.817. The highest BCUT2D eigenvalue weighted by Gasteiger charge is 2.16. The maximum Gasteiger partial charge on any atom is 0.263 e. The van der Waals surface area contributed by atoms with Crippen molar-refractivity contribution >= 4 is 22.4 Å². The van der Waals surface area contributed by atoms with Gasteiger partial charge < -0.3 is 4.98 Å². The summed E-state index contributed by atoms with van der Waals surface area (Å²) in [5, 5.41) is 3.05. The fraction of sp³-hybridized carbons (Fsp3) is 0.0870. The van der Waals surface area contributed by atoms with E-state index in [1.54, 1.807) is 24.3 Å². The van der Waals surface area contributed by atoms with E-state index in [4.69, 9.17) is 0 Å². The first-order chi connectivity index (χ1) is 14.5. The molecule has 0 aliphatic rings. The Bertz CT molecular complexity index is 1260. The van der Waals surface area contributed by atoms with Crippen LogP contribution in [0.3, 0.4) is 0 Å². The van der Waals surface area contributed by atoms with Crippen LogP contribution in [0.5, 0.6) is 0 Å². The Morgan fingerprint density at radius 2 is 1.80 bits per heavy atom. The van der Waals surface area contributed by atoms with Crippen molar-refractivity contribution in [3.05, 3.63) is 105 Å². The van der Waals surface area contributed by atoms with Crippen molar-refractivity contribution in [1.82, 2.24) is 9.97 Å². The van der Waals surface area contributed by atoms with Gasteiger partial charge in [-0.1, -0.05) is 48.5 Å². The number of pyridine rings is 1. The topological polar surface area (TPSA) is 74.8 Å². The van der Waals surface area contributed by atoms with Gasteiger partial charge in [0.15, 0.2) is 5.13 Å². The van der Waals surface area contributed by atoms with Gasteiger partial charge in [-0.3, -0.25) is 14.9 Å². The second kappa shape index (κ2) is 8.42. The van der Waals surface area contributed by atoms with Gasteiger partial charge in [0.05, 0.1) is 5.69 Å². The number of aromatic amines is 1. The van der Waals surface area contributed by atoms with Gasteiger partial charge in [0.1, 0.15) is 11.4 Å². The van der Waals surface area contributed by atoms with Crippen molar-refractivity contribution in [2.24, 2.45) is 0 Å². The third kappa shape index (κ3) is 4.21. The average molecular weight is 419 g/mol. The molecule has 0 aliphatic carbocycles. The van der Waals surface area contributed by atoms with Crippen LogP contribution in [0.1, 0.15) is 26.5 Å². The number of benzene rings is 2. The molecule has 0 fully saturated rings. The smallest absolute Gasteiger partial charge is 0.263 e. The maximum absolute atomic E-state index is 13.9. The monoisotopic (exact) mass is 419 g/mol. The van der Waals surface area contributed by atoms with Crippen LogP contribution in [-0.2, 0) is 6.42 Å². The van der Waals surface area contributed by atoms with Crippen LogP contribution in [-0.4, -0.2) is 15.9 Å². The molecule has 150 valence electrons. The molecule has 2 heterocycles. The fourth-order valence-corrected chi connectivity index (χ4v) is 4.04. The summed E-state index contributed by atoms with van der Waals surface area (Å²) < 4.78 is 13.9. The van der Waals surface area contributed by atoms with E-state index in [0.29, 0.717) is 28.5 Å². The highest BCUT2D eigenvalue weighted by molar-refractivity contribution is 7.15. The quantitative estimate of drug-likeness (QED) is 0.488. The van der Waals surface area contributed by atoms with Crippen molar-refractivity contribution in [2.45, 2.75) is 13.3 Å². The van der Waals surface area contributed by atoms with Crippen LogP contribution in [0.25, 0.3) is 11.3 Å². The van der Waals surface area contributed by atoms with E-state index in [9.17, 15) is 14.0 Å². The Morgan fingerprint density at radius 3 is 2.53 bits per heavy atom. The van der Waals surface area contributed by atoms with Gasteiger partial charge in [0.25, 0.3) is 11.5 Å². The number of nitrogens with zero attached hydrogens (tertiary/aromatic N) is 1. The van der Waals surface area contributed by atoms with E-state index in [-0.39, 0.29) is 11.4 Å². The number of amides is 1. The number of aryl methyl sites for hydroxylation is 1. The molecule has 0 unspecified atom stereocenters. The van der Waals surface area contributed by atoms with Crippen LogP contribution < -0.4 is 10.9 Å². The summed E-state index contributed by atoms with van der Waals surface area (Å²) in [7, 11) is 0. The third-order valence-corrected chi connectivity index (χ3v) is 5.73. The molecule has 0 bridgehead atoms. The predicted molar refractivity (Wildman–Crippen MR) is 117 cm³/mol. The molecular formula is C23H18FN3O2S. The molecule has 0 saturated carbocycles. The van der Waals surface area contributed by atoms with Gasteiger partial charge in [-0.05, 0) is 36.2 Å². The molecule has 0 radical (unpaired) electrons. The summed E-state index contributed by atoms with van der Waals surface area (Å²) in [6.07, 6.45) is 0.387.